The molecule has 3 rings (SSSR count). The SMILES string of the molecule is Cc1ccc(SCCNC(=O)c2ccc(-c3ccc(F)cc3)s2)cc1. The lowest BCUT2D eigenvalue weighted by atomic mass is 10.2. The Balaban J connectivity index is 1.50. The summed E-state index contributed by atoms with van der Waals surface area (Å²) in [7, 11) is 0. The van der Waals surface area contributed by atoms with Crippen LogP contribution in [0.5, 0.6) is 0 Å². The van der Waals surface area contributed by atoms with Gasteiger partial charge in [0.15, 0.2) is 0 Å². The molecule has 0 saturated heterocycles. The highest BCUT2D eigenvalue weighted by Gasteiger charge is 2.10. The minimum Gasteiger partial charge on any atom is -0.350 e. The van der Waals surface area contributed by atoms with Gasteiger partial charge in [0.05, 0.1) is 4.88 Å². The van der Waals surface area contributed by atoms with Gasteiger partial charge >= 0.3 is 0 Å². The van der Waals surface area contributed by atoms with Gasteiger partial charge in [0.1, 0.15) is 5.82 Å². The fourth-order valence-electron chi connectivity index (χ4n) is 2.28. The molecule has 2 aromatic carbocycles. The van der Waals surface area contributed by atoms with Crippen LogP contribution in [0.3, 0.4) is 0 Å². The summed E-state index contributed by atoms with van der Waals surface area (Å²) >= 11 is 3.14. The molecule has 0 atom stereocenters. The van der Waals surface area contributed by atoms with E-state index in [1.165, 1.54) is 33.9 Å². The molecule has 1 aromatic heterocycles. The Morgan fingerprint density at radius 1 is 1.04 bits per heavy atom. The fourth-order valence-corrected chi connectivity index (χ4v) is 3.98. The highest BCUT2D eigenvalue weighted by molar-refractivity contribution is 7.99. The predicted octanol–water partition coefficient (Wildman–Crippen LogP) is 5.38. The number of carbonyl (C=O) groups is 1. The Kier molecular flexibility index (Phi) is 5.89. The van der Waals surface area contributed by atoms with Gasteiger partial charge in [0.2, 0.25) is 0 Å². The van der Waals surface area contributed by atoms with E-state index in [-0.39, 0.29) is 11.7 Å². The average molecular weight is 372 g/mol. The van der Waals surface area contributed by atoms with Gasteiger partial charge in [-0.2, -0.15) is 0 Å². The molecule has 0 aliphatic heterocycles. The number of benzene rings is 2. The second kappa shape index (κ2) is 8.32. The van der Waals surface area contributed by atoms with Crippen LogP contribution in [-0.4, -0.2) is 18.2 Å². The Labute approximate surface area is 155 Å². The molecular weight excluding hydrogens is 353 g/mol. The van der Waals surface area contributed by atoms with Gasteiger partial charge in [0, 0.05) is 22.1 Å². The zero-order chi connectivity index (χ0) is 17.6. The van der Waals surface area contributed by atoms with E-state index in [0.717, 1.165) is 16.2 Å². The number of nitrogens with one attached hydrogen (secondary N) is 1. The van der Waals surface area contributed by atoms with E-state index in [4.69, 9.17) is 0 Å². The highest BCUT2D eigenvalue weighted by atomic mass is 32.2. The molecule has 25 heavy (non-hydrogen) atoms. The van der Waals surface area contributed by atoms with Crippen molar-refractivity contribution in [3.8, 4) is 10.4 Å². The molecule has 0 aliphatic carbocycles. The third-order valence-corrected chi connectivity index (χ3v) is 5.78. The second-order valence-corrected chi connectivity index (χ2v) is 7.84. The highest BCUT2D eigenvalue weighted by Crippen LogP contribution is 2.28. The van der Waals surface area contributed by atoms with E-state index in [2.05, 4.69) is 36.5 Å². The van der Waals surface area contributed by atoms with Crippen LogP contribution in [-0.2, 0) is 0 Å². The van der Waals surface area contributed by atoms with Crippen LogP contribution in [0.2, 0.25) is 0 Å². The molecule has 0 unspecified atom stereocenters. The number of halogens is 1. The Morgan fingerprint density at radius 3 is 2.48 bits per heavy atom. The van der Waals surface area contributed by atoms with Crippen molar-refractivity contribution in [1.29, 1.82) is 0 Å². The summed E-state index contributed by atoms with van der Waals surface area (Å²) < 4.78 is 13.0. The van der Waals surface area contributed by atoms with Crippen molar-refractivity contribution >= 4 is 29.0 Å². The van der Waals surface area contributed by atoms with Crippen molar-refractivity contribution in [3.63, 3.8) is 0 Å². The number of hydrogen-bond acceptors (Lipinski definition) is 3. The Morgan fingerprint density at radius 2 is 1.76 bits per heavy atom. The van der Waals surface area contributed by atoms with Crippen LogP contribution in [0.4, 0.5) is 4.39 Å². The second-order valence-electron chi connectivity index (χ2n) is 5.59. The van der Waals surface area contributed by atoms with E-state index in [9.17, 15) is 9.18 Å². The van der Waals surface area contributed by atoms with Gasteiger partial charge < -0.3 is 5.32 Å². The van der Waals surface area contributed by atoms with Crippen LogP contribution < -0.4 is 5.32 Å². The van der Waals surface area contributed by atoms with Crippen LogP contribution in [0.1, 0.15) is 15.2 Å². The fraction of sp³-hybridized carbons (Fsp3) is 0.150. The smallest absolute Gasteiger partial charge is 0.261 e. The Bertz CT molecular complexity index is 841. The number of aryl methyl sites for hydroxylation is 1. The molecule has 0 aliphatic rings. The summed E-state index contributed by atoms with van der Waals surface area (Å²) in [6.45, 7) is 2.68. The summed E-state index contributed by atoms with van der Waals surface area (Å²) in [6.07, 6.45) is 0. The first-order chi connectivity index (χ1) is 12.1. The monoisotopic (exact) mass is 371 g/mol. The van der Waals surface area contributed by atoms with Crippen molar-refractivity contribution in [2.75, 3.05) is 12.3 Å². The first-order valence-electron chi connectivity index (χ1n) is 7.95. The Hall–Kier alpha value is -2.11. The van der Waals surface area contributed by atoms with Crippen LogP contribution in [0.15, 0.2) is 65.6 Å². The number of rotatable bonds is 6. The largest absolute Gasteiger partial charge is 0.350 e. The minimum atomic E-state index is -0.260. The van der Waals surface area contributed by atoms with Crippen molar-refractivity contribution in [3.05, 3.63) is 76.9 Å². The lowest BCUT2D eigenvalue weighted by Crippen LogP contribution is -2.24. The van der Waals surface area contributed by atoms with Gasteiger partial charge in [-0.1, -0.05) is 29.8 Å². The number of thioether (sulfide) groups is 1. The third-order valence-electron chi connectivity index (χ3n) is 3.64. The van der Waals surface area contributed by atoms with Gasteiger partial charge in [0.25, 0.3) is 5.91 Å². The third kappa shape index (κ3) is 4.94. The molecule has 0 bridgehead atoms. The first kappa shape index (κ1) is 17.7. The van der Waals surface area contributed by atoms with E-state index in [1.54, 1.807) is 23.9 Å². The molecule has 0 saturated carbocycles. The normalized spacial score (nSPS) is 10.6. The van der Waals surface area contributed by atoms with Crippen molar-refractivity contribution in [2.24, 2.45) is 0 Å². The van der Waals surface area contributed by atoms with E-state index in [0.29, 0.717) is 11.4 Å². The maximum absolute atomic E-state index is 13.0. The van der Waals surface area contributed by atoms with Gasteiger partial charge in [-0.3, -0.25) is 4.79 Å². The van der Waals surface area contributed by atoms with Crippen LogP contribution >= 0.6 is 23.1 Å². The lowest BCUT2D eigenvalue weighted by Gasteiger charge is -2.04. The van der Waals surface area contributed by atoms with Crippen molar-refractivity contribution in [2.45, 2.75) is 11.8 Å². The molecule has 2 nitrogen and oxygen atoms in total. The molecule has 0 fully saturated rings. The van der Waals surface area contributed by atoms with E-state index >= 15 is 0 Å². The summed E-state index contributed by atoms with van der Waals surface area (Å²) in [4.78, 5) is 15.1. The molecular formula is C20H18FNOS2. The average Bonchev–Trinajstić information content (AvgIpc) is 3.11. The zero-order valence-electron chi connectivity index (χ0n) is 13.8. The maximum Gasteiger partial charge on any atom is 0.261 e. The molecule has 5 heteroatoms. The first-order valence-corrected chi connectivity index (χ1v) is 9.75. The topological polar surface area (TPSA) is 29.1 Å². The van der Waals surface area contributed by atoms with Crippen LogP contribution in [0, 0.1) is 12.7 Å². The number of amides is 1. The summed E-state index contributed by atoms with van der Waals surface area (Å²) in [5.41, 5.74) is 2.16. The molecule has 1 N–H and O–H groups in total. The predicted molar refractivity (Wildman–Crippen MR) is 104 cm³/mol. The number of carbonyl (C=O) groups excluding carboxylic acids is 1. The number of thiophene rings is 1. The molecule has 1 heterocycles. The van der Waals surface area contributed by atoms with Crippen molar-refractivity contribution < 1.29 is 9.18 Å². The summed E-state index contributed by atoms with van der Waals surface area (Å²) in [5, 5.41) is 2.95. The maximum atomic E-state index is 13.0. The van der Waals surface area contributed by atoms with E-state index in [1.807, 2.05) is 12.1 Å². The number of hydrogen-bond donors (Lipinski definition) is 1. The zero-order valence-corrected chi connectivity index (χ0v) is 15.4. The van der Waals surface area contributed by atoms with Gasteiger partial charge in [-0.25, -0.2) is 4.39 Å². The standard InChI is InChI=1S/C20H18FNOS2/c1-14-2-8-17(9-3-14)24-13-12-22-20(23)19-11-10-18(25-19)15-4-6-16(21)7-5-15/h2-11H,12-13H2,1H3,(H,22,23). The molecule has 128 valence electrons. The molecule has 1 amide bonds. The van der Waals surface area contributed by atoms with Gasteiger partial charge in [-0.15, -0.1) is 23.1 Å². The van der Waals surface area contributed by atoms with Gasteiger partial charge in [-0.05, 0) is 48.9 Å². The molecule has 0 radical (unpaired) electrons. The van der Waals surface area contributed by atoms with E-state index < -0.39 is 0 Å². The summed E-state index contributed by atoms with van der Waals surface area (Å²) in [5.74, 6) is 0.498. The van der Waals surface area contributed by atoms with Crippen molar-refractivity contribution in [1.82, 2.24) is 5.32 Å². The van der Waals surface area contributed by atoms with Crippen LogP contribution in [0.25, 0.3) is 10.4 Å². The molecule has 0 spiro atoms. The minimum absolute atomic E-state index is 0.0668. The summed E-state index contributed by atoms with van der Waals surface area (Å²) in [6, 6.07) is 18.4. The molecule has 3 aromatic rings. The quantitative estimate of drug-likeness (QED) is 0.465. The lowest BCUT2D eigenvalue weighted by molar-refractivity contribution is 0.0960.